The lowest BCUT2D eigenvalue weighted by molar-refractivity contribution is -0.0412. The Morgan fingerprint density at radius 3 is 3.14 bits per heavy atom. The van der Waals surface area contributed by atoms with Gasteiger partial charge in [-0.2, -0.15) is 5.10 Å². The summed E-state index contributed by atoms with van der Waals surface area (Å²) in [5, 5.41) is 6.89. The van der Waals surface area contributed by atoms with Crippen molar-refractivity contribution >= 4 is 12.1 Å². The number of carbonyl (C=O) groups excluding carboxylic acids is 1. The summed E-state index contributed by atoms with van der Waals surface area (Å²) in [7, 11) is 0. The van der Waals surface area contributed by atoms with E-state index in [0.29, 0.717) is 18.2 Å². The molecule has 1 N–H and O–H groups in total. The fraction of sp³-hybridized carbons (Fsp3) is 0.600. The van der Waals surface area contributed by atoms with E-state index in [1.165, 1.54) is 10.9 Å². The summed E-state index contributed by atoms with van der Waals surface area (Å²) < 4.78 is 7.26. The summed E-state index contributed by atoms with van der Waals surface area (Å²) >= 11 is 0. The van der Waals surface area contributed by atoms with Crippen LogP contribution < -0.4 is 5.32 Å². The Kier molecular flexibility index (Phi) is 5.52. The van der Waals surface area contributed by atoms with Crippen LogP contribution in [0.4, 0.5) is 0 Å². The molecule has 1 unspecified atom stereocenters. The number of nitrogens with one attached hydrogen (secondary N) is 1. The Balaban J connectivity index is 1.73. The Morgan fingerprint density at radius 2 is 2.48 bits per heavy atom. The average Bonchev–Trinajstić information content (AvgIpc) is 2.96. The van der Waals surface area contributed by atoms with E-state index in [4.69, 9.17) is 4.74 Å². The van der Waals surface area contributed by atoms with Crippen LogP contribution in [0.15, 0.2) is 19.0 Å². The molecule has 0 saturated carbocycles. The van der Waals surface area contributed by atoms with Crippen LogP contribution in [0.2, 0.25) is 0 Å². The van der Waals surface area contributed by atoms with Gasteiger partial charge < -0.3 is 10.1 Å². The fourth-order valence-corrected chi connectivity index (χ4v) is 2.39. The number of hydrogen-bond acceptors (Lipinski definition) is 4. The summed E-state index contributed by atoms with van der Waals surface area (Å²) in [5.41, 5.74) is 0.545. The van der Waals surface area contributed by atoms with Crippen molar-refractivity contribution in [1.29, 1.82) is 0 Å². The van der Waals surface area contributed by atoms with Gasteiger partial charge in [-0.25, -0.2) is 4.68 Å². The first-order chi connectivity index (χ1) is 10.1. The highest BCUT2D eigenvalue weighted by Crippen LogP contribution is 2.11. The van der Waals surface area contributed by atoms with Crippen molar-refractivity contribution in [3.8, 4) is 0 Å². The molecule has 0 spiro atoms. The molecule has 21 heavy (non-hydrogen) atoms. The molecule has 0 radical (unpaired) electrons. The first-order valence-corrected chi connectivity index (χ1v) is 7.40. The lowest BCUT2D eigenvalue weighted by Gasteiger charge is -2.35. The molecule has 6 heteroatoms. The highest BCUT2D eigenvalue weighted by atomic mass is 16.5. The highest BCUT2D eigenvalue weighted by Gasteiger charge is 2.22. The Hall–Kier alpha value is -1.66. The first kappa shape index (κ1) is 15.7. The SMILES string of the molecule is C=Cn1cc(C(=O)NCCC2CN(C(C)C)CCO2)cn1. The van der Waals surface area contributed by atoms with Gasteiger partial charge in [0.2, 0.25) is 0 Å². The van der Waals surface area contributed by atoms with Crippen molar-refractivity contribution in [1.82, 2.24) is 20.0 Å². The number of carbonyl (C=O) groups is 1. The van der Waals surface area contributed by atoms with Crippen LogP contribution in [-0.4, -0.2) is 59.0 Å². The number of aromatic nitrogens is 2. The molecule has 116 valence electrons. The smallest absolute Gasteiger partial charge is 0.254 e. The second-order valence-corrected chi connectivity index (χ2v) is 5.52. The van der Waals surface area contributed by atoms with E-state index in [1.807, 2.05) is 0 Å². The van der Waals surface area contributed by atoms with E-state index < -0.39 is 0 Å². The van der Waals surface area contributed by atoms with Crippen LogP contribution in [0, 0.1) is 0 Å². The molecule has 1 aromatic heterocycles. The third-order valence-corrected chi connectivity index (χ3v) is 3.70. The zero-order valence-electron chi connectivity index (χ0n) is 12.8. The predicted molar refractivity (Wildman–Crippen MR) is 82.0 cm³/mol. The maximum absolute atomic E-state index is 11.9. The number of morpholine rings is 1. The van der Waals surface area contributed by atoms with E-state index in [2.05, 4.69) is 35.7 Å². The molecule has 1 aliphatic heterocycles. The molecule has 2 rings (SSSR count). The normalized spacial score (nSPS) is 19.7. The summed E-state index contributed by atoms with van der Waals surface area (Å²) in [6.45, 7) is 11.3. The van der Waals surface area contributed by atoms with Crippen molar-refractivity contribution < 1.29 is 9.53 Å². The highest BCUT2D eigenvalue weighted by molar-refractivity contribution is 5.93. The Labute approximate surface area is 125 Å². The van der Waals surface area contributed by atoms with Crippen LogP contribution in [-0.2, 0) is 4.74 Å². The standard InChI is InChI=1S/C15H24N4O2/c1-4-19-10-13(9-17-19)15(20)16-6-5-14-11-18(12(2)3)7-8-21-14/h4,9-10,12,14H,1,5-8,11H2,2-3H3,(H,16,20). The van der Waals surface area contributed by atoms with Gasteiger partial charge in [-0.15, -0.1) is 0 Å². The Morgan fingerprint density at radius 1 is 1.67 bits per heavy atom. The second-order valence-electron chi connectivity index (χ2n) is 5.52. The summed E-state index contributed by atoms with van der Waals surface area (Å²) in [6, 6.07) is 0.538. The van der Waals surface area contributed by atoms with Gasteiger partial charge >= 0.3 is 0 Å². The van der Waals surface area contributed by atoms with E-state index in [-0.39, 0.29) is 12.0 Å². The van der Waals surface area contributed by atoms with Gasteiger partial charge in [-0.3, -0.25) is 9.69 Å². The minimum absolute atomic E-state index is 0.111. The lowest BCUT2D eigenvalue weighted by atomic mass is 10.1. The van der Waals surface area contributed by atoms with Gasteiger partial charge in [0.25, 0.3) is 5.91 Å². The van der Waals surface area contributed by atoms with Crippen LogP contribution in [0.25, 0.3) is 6.20 Å². The van der Waals surface area contributed by atoms with Crippen molar-refractivity contribution in [3.63, 3.8) is 0 Å². The third kappa shape index (κ3) is 4.41. The Bertz CT molecular complexity index is 484. The quantitative estimate of drug-likeness (QED) is 0.856. The van der Waals surface area contributed by atoms with Gasteiger partial charge in [0.1, 0.15) is 0 Å². The molecular formula is C15H24N4O2. The molecule has 1 aromatic rings. The van der Waals surface area contributed by atoms with Crippen molar-refractivity contribution in [3.05, 3.63) is 24.5 Å². The monoisotopic (exact) mass is 292 g/mol. The molecule has 2 heterocycles. The summed E-state index contributed by atoms with van der Waals surface area (Å²) in [4.78, 5) is 14.3. The number of rotatable bonds is 6. The van der Waals surface area contributed by atoms with Gasteiger partial charge in [0, 0.05) is 38.1 Å². The second kappa shape index (κ2) is 7.38. The van der Waals surface area contributed by atoms with Crippen LogP contribution in [0.1, 0.15) is 30.6 Å². The van der Waals surface area contributed by atoms with Crippen LogP contribution >= 0.6 is 0 Å². The molecule has 1 aliphatic rings. The molecule has 0 aromatic carbocycles. The molecule has 1 amide bonds. The van der Waals surface area contributed by atoms with E-state index in [1.54, 1.807) is 12.4 Å². The molecular weight excluding hydrogens is 268 g/mol. The van der Waals surface area contributed by atoms with Gasteiger partial charge in [0.15, 0.2) is 0 Å². The van der Waals surface area contributed by atoms with Crippen molar-refractivity contribution in [2.24, 2.45) is 0 Å². The topological polar surface area (TPSA) is 59.4 Å². The molecule has 1 saturated heterocycles. The number of ether oxygens (including phenoxy) is 1. The summed E-state index contributed by atoms with van der Waals surface area (Å²) in [5.74, 6) is -0.111. The molecule has 0 aliphatic carbocycles. The number of amides is 1. The first-order valence-electron chi connectivity index (χ1n) is 7.40. The number of nitrogens with zero attached hydrogens (tertiary/aromatic N) is 3. The third-order valence-electron chi connectivity index (χ3n) is 3.70. The molecule has 1 fully saturated rings. The minimum atomic E-state index is -0.111. The van der Waals surface area contributed by atoms with Crippen LogP contribution in [0.5, 0.6) is 0 Å². The average molecular weight is 292 g/mol. The van der Waals surface area contributed by atoms with Gasteiger partial charge in [0.05, 0.1) is 24.5 Å². The van der Waals surface area contributed by atoms with E-state index in [0.717, 1.165) is 26.1 Å². The van der Waals surface area contributed by atoms with Gasteiger partial charge in [-0.05, 0) is 20.3 Å². The largest absolute Gasteiger partial charge is 0.375 e. The van der Waals surface area contributed by atoms with E-state index >= 15 is 0 Å². The predicted octanol–water partition coefficient (Wildman–Crippen LogP) is 1.21. The van der Waals surface area contributed by atoms with Gasteiger partial charge in [-0.1, -0.05) is 6.58 Å². The van der Waals surface area contributed by atoms with Crippen molar-refractivity contribution in [2.45, 2.75) is 32.4 Å². The molecule has 0 bridgehead atoms. The zero-order chi connectivity index (χ0) is 15.2. The lowest BCUT2D eigenvalue weighted by Crippen LogP contribution is -2.46. The maximum Gasteiger partial charge on any atom is 0.254 e. The number of hydrogen-bond donors (Lipinski definition) is 1. The summed E-state index contributed by atoms with van der Waals surface area (Å²) in [6.07, 6.45) is 5.75. The van der Waals surface area contributed by atoms with Crippen molar-refractivity contribution in [2.75, 3.05) is 26.2 Å². The molecule has 1 atom stereocenters. The molecule has 6 nitrogen and oxygen atoms in total. The van der Waals surface area contributed by atoms with E-state index in [9.17, 15) is 4.79 Å². The maximum atomic E-state index is 11.9. The zero-order valence-corrected chi connectivity index (χ0v) is 12.8. The minimum Gasteiger partial charge on any atom is -0.375 e. The van der Waals surface area contributed by atoms with Crippen LogP contribution in [0.3, 0.4) is 0 Å². The fourth-order valence-electron chi connectivity index (χ4n) is 2.39.